The first-order valence-electron chi connectivity index (χ1n) is 6.88. The summed E-state index contributed by atoms with van der Waals surface area (Å²) in [5.41, 5.74) is 1.87. The lowest BCUT2D eigenvalue weighted by molar-refractivity contribution is 0.603. The number of halogens is 1. The molecule has 0 radical (unpaired) electrons. The van der Waals surface area contributed by atoms with Gasteiger partial charge in [-0.1, -0.05) is 18.2 Å². The highest BCUT2D eigenvalue weighted by Crippen LogP contribution is 2.28. The quantitative estimate of drug-likeness (QED) is 0.534. The van der Waals surface area contributed by atoms with Gasteiger partial charge in [0.15, 0.2) is 0 Å². The number of anilines is 1. The summed E-state index contributed by atoms with van der Waals surface area (Å²) in [5, 5.41) is 8.23. The minimum atomic E-state index is -3.58. The molecule has 0 aliphatic rings. The van der Waals surface area contributed by atoms with Crippen LogP contribution in [0, 0.1) is 0 Å². The summed E-state index contributed by atoms with van der Waals surface area (Å²) in [4.78, 5) is 0. The predicted molar refractivity (Wildman–Crippen MR) is 99.9 cm³/mol. The number of hydrogen-bond acceptors (Lipinski definition) is 5. The molecule has 0 fully saturated rings. The molecule has 1 N–H and O–H groups in total. The largest absolute Gasteiger partial charge is 0.279 e. The number of nitrogens with zero attached hydrogens (tertiary/aromatic N) is 2. The van der Waals surface area contributed by atoms with Crippen LogP contribution in [0.5, 0.6) is 0 Å². The highest BCUT2D eigenvalue weighted by atomic mass is 79.9. The van der Waals surface area contributed by atoms with Gasteiger partial charge in [0.05, 0.1) is 15.2 Å². The van der Waals surface area contributed by atoms with Crippen LogP contribution < -0.4 is 4.72 Å². The van der Waals surface area contributed by atoms with Crippen LogP contribution in [0.3, 0.4) is 0 Å². The second-order valence-electron chi connectivity index (χ2n) is 4.75. The van der Waals surface area contributed by atoms with E-state index in [0.717, 1.165) is 20.8 Å². The third-order valence-electron chi connectivity index (χ3n) is 2.97. The van der Waals surface area contributed by atoms with Gasteiger partial charge in [-0.3, -0.25) is 4.72 Å². The Morgan fingerprint density at radius 3 is 2.04 bits per heavy atom. The maximum atomic E-state index is 12.2. The molecule has 0 saturated heterocycles. The molecule has 0 aliphatic heterocycles. The molecule has 122 valence electrons. The van der Waals surface area contributed by atoms with Crippen molar-refractivity contribution in [2.45, 2.75) is 4.21 Å². The average molecular weight is 422 g/mol. The minimum Gasteiger partial charge on any atom is -0.279 e. The second-order valence-corrected chi connectivity index (χ2v) is 9.12. The molecule has 3 rings (SSSR count). The Labute approximate surface area is 152 Å². The van der Waals surface area contributed by atoms with Crippen LogP contribution in [0.25, 0.3) is 0 Å². The molecule has 0 spiro atoms. The topological polar surface area (TPSA) is 70.9 Å². The van der Waals surface area contributed by atoms with Crippen molar-refractivity contribution < 1.29 is 8.42 Å². The zero-order chi connectivity index (χ0) is 17.0. The Balaban J connectivity index is 1.72. The van der Waals surface area contributed by atoms with E-state index in [0.29, 0.717) is 11.4 Å². The zero-order valence-corrected chi connectivity index (χ0v) is 15.5. The first-order chi connectivity index (χ1) is 11.5. The zero-order valence-electron chi connectivity index (χ0n) is 12.3. The van der Waals surface area contributed by atoms with Gasteiger partial charge in [-0.05, 0) is 64.5 Å². The van der Waals surface area contributed by atoms with E-state index in [2.05, 4.69) is 30.9 Å². The molecule has 0 atom stereocenters. The van der Waals surface area contributed by atoms with Gasteiger partial charge in [-0.15, -0.1) is 11.3 Å². The lowest BCUT2D eigenvalue weighted by Gasteiger charge is -2.06. The number of rotatable bonds is 5. The van der Waals surface area contributed by atoms with Crippen molar-refractivity contribution in [1.82, 2.24) is 0 Å². The van der Waals surface area contributed by atoms with E-state index in [-0.39, 0.29) is 4.21 Å². The minimum absolute atomic E-state index is 0.252. The van der Waals surface area contributed by atoms with Crippen molar-refractivity contribution >= 4 is 54.4 Å². The van der Waals surface area contributed by atoms with Crippen LogP contribution in [-0.2, 0) is 10.0 Å². The Kier molecular flexibility index (Phi) is 5.08. The summed E-state index contributed by atoms with van der Waals surface area (Å²) >= 11 is 4.42. The molecule has 3 aromatic rings. The fraction of sp³-hybridized carbons (Fsp3) is 0. The van der Waals surface area contributed by atoms with Crippen LogP contribution in [-0.4, -0.2) is 8.42 Å². The number of sulfonamides is 1. The normalized spacial score (nSPS) is 11.7. The van der Waals surface area contributed by atoms with Gasteiger partial charge in [0.25, 0.3) is 10.0 Å². The summed E-state index contributed by atoms with van der Waals surface area (Å²) in [7, 11) is -3.58. The maximum Gasteiger partial charge on any atom is 0.271 e. The van der Waals surface area contributed by atoms with Gasteiger partial charge >= 0.3 is 0 Å². The highest BCUT2D eigenvalue weighted by Gasteiger charge is 2.16. The van der Waals surface area contributed by atoms with E-state index in [1.807, 2.05) is 30.3 Å². The van der Waals surface area contributed by atoms with Crippen LogP contribution in [0.1, 0.15) is 0 Å². The van der Waals surface area contributed by atoms with Crippen LogP contribution in [0.15, 0.2) is 85.0 Å². The fourth-order valence-electron chi connectivity index (χ4n) is 1.85. The molecule has 5 nitrogen and oxygen atoms in total. The number of hydrogen-bond donors (Lipinski definition) is 1. The summed E-state index contributed by atoms with van der Waals surface area (Å²) in [6, 6.07) is 19.3. The van der Waals surface area contributed by atoms with E-state index in [1.165, 1.54) is 0 Å². The summed E-state index contributed by atoms with van der Waals surface area (Å²) in [6.07, 6.45) is 0. The highest BCUT2D eigenvalue weighted by molar-refractivity contribution is 9.11. The van der Waals surface area contributed by atoms with Crippen molar-refractivity contribution in [3.8, 4) is 0 Å². The van der Waals surface area contributed by atoms with Gasteiger partial charge in [0.2, 0.25) is 0 Å². The third-order valence-corrected chi connectivity index (χ3v) is 6.47. The molecule has 24 heavy (non-hydrogen) atoms. The van der Waals surface area contributed by atoms with E-state index in [1.54, 1.807) is 36.4 Å². The SMILES string of the molecule is O=S(=O)(Nc1ccc(N=Nc2ccccc2)cc1)c1ccc(Br)s1. The molecule has 8 heteroatoms. The maximum absolute atomic E-state index is 12.2. The Hall–Kier alpha value is -2.03. The molecule has 0 saturated carbocycles. The number of nitrogens with one attached hydrogen (secondary N) is 1. The molecular formula is C16H12BrN3O2S2. The lowest BCUT2D eigenvalue weighted by Crippen LogP contribution is -2.11. The van der Waals surface area contributed by atoms with Crippen molar-refractivity contribution in [3.05, 3.63) is 70.5 Å². The Bertz CT molecular complexity index is 953. The molecule has 0 aliphatic carbocycles. The molecule has 1 heterocycles. The summed E-state index contributed by atoms with van der Waals surface area (Å²) < 4.78 is 28.0. The number of azo groups is 1. The Morgan fingerprint density at radius 2 is 1.46 bits per heavy atom. The predicted octanol–water partition coefficient (Wildman–Crippen LogP) is 5.73. The van der Waals surface area contributed by atoms with E-state index in [4.69, 9.17) is 0 Å². The first-order valence-corrected chi connectivity index (χ1v) is 9.97. The standard InChI is InChI=1S/C16H12BrN3O2S2/c17-15-10-11-16(23-15)24(21,22)20-14-8-6-13(7-9-14)19-18-12-4-2-1-3-5-12/h1-11,20H. The van der Waals surface area contributed by atoms with Crippen molar-refractivity contribution in [2.24, 2.45) is 10.2 Å². The van der Waals surface area contributed by atoms with Gasteiger partial charge in [-0.2, -0.15) is 10.2 Å². The Morgan fingerprint density at radius 1 is 0.833 bits per heavy atom. The first kappa shape index (κ1) is 16.8. The fourth-order valence-corrected chi connectivity index (χ4v) is 4.92. The second kappa shape index (κ2) is 7.25. The van der Waals surface area contributed by atoms with Gasteiger partial charge in [0.1, 0.15) is 4.21 Å². The van der Waals surface area contributed by atoms with E-state index < -0.39 is 10.0 Å². The third kappa shape index (κ3) is 4.28. The molecule has 2 aromatic carbocycles. The van der Waals surface area contributed by atoms with Gasteiger partial charge in [0, 0.05) is 5.69 Å². The van der Waals surface area contributed by atoms with Crippen LogP contribution in [0.2, 0.25) is 0 Å². The number of benzene rings is 2. The van der Waals surface area contributed by atoms with Gasteiger partial charge in [-0.25, -0.2) is 8.42 Å². The molecule has 0 unspecified atom stereocenters. The van der Waals surface area contributed by atoms with Crippen LogP contribution in [0.4, 0.5) is 17.1 Å². The van der Waals surface area contributed by atoms with Crippen LogP contribution >= 0.6 is 27.3 Å². The number of thiophene rings is 1. The van der Waals surface area contributed by atoms with E-state index in [9.17, 15) is 8.42 Å². The lowest BCUT2D eigenvalue weighted by atomic mass is 10.3. The average Bonchev–Trinajstić information content (AvgIpc) is 3.02. The smallest absolute Gasteiger partial charge is 0.271 e. The molecule has 0 amide bonds. The molecule has 1 aromatic heterocycles. The van der Waals surface area contributed by atoms with Crippen molar-refractivity contribution in [2.75, 3.05) is 4.72 Å². The van der Waals surface area contributed by atoms with Crippen molar-refractivity contribution in [3.63, 3.8) is 0 Å². The van der Waals surface area contributed by atoms with E-state index >= 15 is 0 Å². The monoisotopic (exact) mass is 421 g/mol. The van der Waals surface area contributed by atoms with Gasteiger partial charge < -0.3 is 0 Å². The molecular weight excluding hydrogens is 410 g/mol. The summed E-state index contributed by atoms with van der Waals surface area (Å²) in [6.45, 7) is 0. The molecule has 0 bridgehead atoms. The summed E-state index contributed by atoms with van der Waals surface area (Å²) in [5.74, 6) is 0. The van der Waals surface area contributed by atoms with Crippen molar-refractivity contribution in [1.29, 1.82) is 0 Å².